The van der Waals surface area contributed by atoms with E-state index in [0.29, 0.717) is 6.42 Å². The second-order valence-corrected chi connectivity index (χ2v) is 10.1. The molecule has 0 aliphatic heterocycles. The summed E-state index contributed by atoms with van der Waals surface area (Å²) < 4.78 is 5.26. The maximum absolute atomic E-state index is 13.8. The van der Waals surface area contributed by atoms with Crippen molar-refractivity contribution < 1.29 is 29.3 Å². The van der Waals surface area contributed by atoms with Gasteiger partial charge in [0.2, 0.25) is 11.8 Å². The molecule has 0 aliphatic rings. The molecule has 0 saturated carbocycles. The first kappa shape index (κ1) is 30.6. The zero-order valence-electron chi connectivity index (χ0n) is 22.8. The fraction of sp³-hybridized carbons (Fsp3) is 0.483. The van der Waals surface area contributed by atoms with Crippen molar-refractivity contribution in [1.82, 2.24) is 15.5 Å². The predicted molar refractivity (Wildman–Crippen MR) is 145 cm³/mol. The molecule has 4 N–H and O–H groups in total. The molecule has 0 radical (unpaired) electrons. The molecule has 2 aromatic rings. The van der Waals surface area contributed by atoms with Crippen LogP contribution in [0.25, 0.3) is 0 Å². The summed E-state index contributed by atoms with van der Waals surface area (Å²) in [7, 11) is 0. The number of hydrogen-bond donors (Lipinski definition) is 4. The van der Waals surface area contributed by atoms with Gasteiger partial charge in [-0.15, -0.1) is 0 Å². The normalized spacial score (nSPS) is 12.8. The molecule has 9 nitrogen and oxygen atoms in total. The molecule has 2 aromatic carbocycles. The highest BCUT2D eigenvalue weighted by Crippen LogP contribution is 2.30. The summed E-state index contributed by atoms with van der Waals surface area (Å²) in [6.07, 6.45) is 2.49. The van der Waals surface area contributed by atoms with Crippen LogP contribution in [0.15, 0.2) is 54.6 Å². The summed E-state index contributed by atoms with van der Waals surface area (Å²) in [5.74, 6) is -1.29. The maximum Gasteiger partial charge on any atom is 0.408 e. The molecule has 9 heteroatoms. The van der Waals surface area contributed by atoms with E-state index in [9.17, 15) is 24.6 Å². The quantitative estimate of drug-likeness (QED) is 0.291. The Kier molecular flexibility index (Phi) is 12.1. The molecular weight excluding hydrogens is 486 g/mol. The van der Waals surface area contributed by atoms with Gasteiger partial charge in [0.05, 0.1) is 6.61 Å². The van der Waals surface area contributed by atoms with Gasteiger partial charge in [-0.1, -0.05) is 74.7 Å². The van der Waals surface area contributed by atoms with Crippen LogP contribution in [0.5, 0.6) is 5.75 Å². The topological polar surface area (TPSA) is 128 Å². The number of phenols is 1. The molecular formula is C29H41N3O6. The van der Waals surface area contributed by atoms with Crippen LogP contribution in [0.2, 0.25) is 0 Å². The highest BCUT2D eigenvalue weighted by Gasteiger charge is 2.37. The van der Waals surface area contributed by atoms with E-state index in [4.69, 9.17) is 4.74 Å². The number of carbonyl (C=O) groups is 3. The van der Waals surface area contributed by atoms with Crippen LogP contribution in [0.1, 0.15) is 70.5 Å². The smallest absolute Gasteiger partial charge is 0.408 e. The highest BCUT2D eigenvalue weighted by molar-refractivity contribution is 5.92. The van der Waals surface area contributed by atoms with Gasteiger partial charge in [-0.25, -0.2) is 4.79 Å². The minimum atomic E-state index is -1.34. The SMILES string of the molecule is CCCCCCN(C(=O)C(CO)NC(=O)OC(C)(C)C)C(C(=O)NCc1ccccc1)c1ccccc1O. The molecule has 0 spiro atoms. The number of unbranched alkanes of at least 4 members (excludes halogenated alkanes) is 3. The summed E-state index contributed by atoms with van der Waals surface area (Å²) in [5.41, 5.74) is 0.316. The van der Waals surface area contributed by atoms with Gasteiger partial charge >= 0.3 is 6.09 Å². The number of benzene rings is 2. The Morgan fingerprint density at radius 2 is 1.63 bits per heavy atom. The van der Waals surface area contributed by atoms with E-state index in [0.717, 1.165) is 24.8 Å². The Morgan fingerprint density at radius 3 is 2.24 bits per heavy atom. The number of rotatable bonds is 13. The van der Waals surface area contributed by atoms with Crippen LogP contribution in [0, 0.1) is 0 Å². The van der Waals surface area contributed by atoms with Crippen LogP contribution in [-0.2, 0) is 20.9 Å². The second-order valence-electron chi connectivity index (χ2n) is 10.1. The summed E-state index contributed by atoms with van der Waals surface area (Å²) in [5, 5.41) is 26.0. The van der Waals surface area contributed by atoms with E-state index in [-0.39, 0.29) is 24.4 Å². The number of aliphatic hydroxyl groups is 1. The monoisotopic (exact) mass is 527 g/mol. The lowest BCUT2D eigenvalue weighted by Crippen LogP contribution is -2.54. The first-order chi connectivity index (χ1) is 18.1. The lowest BCUT2D eigenvalue weighted by Gasteiger charge is -2.34. The third-order valence-electron chi connectivity index (χ3n) is 5.81. The number of hydrogen-bond acceptors (Lipinski definition) is 6. The number of alkyl carbamates (subject to hydrolysis) is 1. The Hall–Kier alpha value is -3.59. The lowest BCUT2D eigenvalue weighted by molar-refractivity contribution is -0.143. The molecule has 3 amide bonds. The number of phenolic OH excluding ortho intramolecular Hbond substituents is 1. The third-order valence-corrected chi connectivity index (χ3v) is 5.81. The van der Waals surface area contributed by atoms with Crippen molar-refractivity contribution >= 4 is 17.9 Å². The fourth-order valence-corrected chi connectivity index (χ4v) is 3.96. The Balaban J connectivity index is 2.41. The predicted octanol–water partition coefficient (Wildman–Crippen LogP) is 4.04. The fourth-order valence-electron chi connectivity index (χ4n) is 3.96. The molecule has 2 unspecified atom stereocenters. The third kappa shape index (κ3) is 9.70. The van der Waals surface area contributed by atoms with Crippen LogP contribution in [0.4, 0.5) is 4.79 Å². The van der Waals surface area contributed by atoms with Gasteiger partial charge in [-0.05, 0) is 38.8 Å². The largest absolute Gasteiger partial charge is 0.508 e. The van der Waals surface area contributed by atoms with Gasteiger partial charge in [-0.3, -0.25) is 9.59 Å². The number of amides is 3. The van der Waals surface area contributed by atoms with Crippen LogP contribution >= 0.6 is 0 Å². The standard InChI is InChI=1S/C29H41N3O6/c1-5-6-7-13-18-32(27(36)23(20-33)31-28(37)38-29(2,3)4)25(22-16-11-12-17-24(22)34)26(35)30-19-21-14-9-8-10-15-21/h8-12,14-17,23,25,33-34H,5-7,13,18-20H2,1-4H3,(H,30,35)(H,31,37). The minimum absolute atomic E-state index is 0.139. The number of nitrogens with zero attached hydrogens (tertiary/aromatic N) is 1. The Labute approximate surface area is 225 Å². The molecule has 0 aromatic heterocycles. The number of aliphatic hydroxyl groups excluding tert-OH is 1. The van der Waals surface area contributed by atoms with Crippen molar-refractivity contribution in [2.24, 2.45) is 0 Å². The van der Waals surface area contributed by atoms with Crippen molar-refractivity contribution in [3.63, 3.8) is 0 Å². The Bertz CT molecular complexity index is 1040. The second kappa shape index (κ2) is 15.0. The average molecular weight is 528 g/mol. The number of ether oxygens (including phenoxy) is 1. The van der Waals surface area contributed by atoms with Gasteiger partial charge in [-0.2, -0.15) is 0 Å². The minimum Gasteiger partial charge on any atom is -0.508 e. The van der Waals surface area contributed by atoms with Gasteiger partial charge < -0.3 is 30.5 Å². The molecule has 0 fully saturated rings. The number of nitrogens with one attached hydrogen (secondary N) is 2. The van der Waals surface area contributed by atoms with Crippen LogP contribution < -0.4 is 10.6 Å². The highest BCUT2D eigenvalue weighted by atomic mass is 16.6. The van der Waals surface area contributed by atoms with Gasteiger partial charge in [0.25, 0.3) is 0 Å². The van der Waals surface area contributed by atoms with E-state index < -0.39 is 42.2 Å². The molecule has 2 rings (SSSR count). The van der Waals surface area contributed by atoms with Gasteiger partial charge in [0.15, 0.2) is 0 Å². The van der Waals surface area contributed by atoms with Crippen molar-refractivity contribution in [3.05, 3.63) is 65.7 Å². The van der Waals surface area contributed by atoms with E-state index in [1.807, 2.05) is 30.3 Å². The maximum atomic E-state index is 13.8. The average Bonchev–Trinajstić information content (AvgIpc) is 2.87. The first-order valence-corrected chi connectivity index (χ1v) is 13.1. The summed E-state index contributed by atoms with van der Waals surface area (Å²) >= 11 is 0. The molecule has 0 aliphatic carbocycles. The number of aromatic hydroxyl groups is 1. The summed E-state index contributed by atoms with van der Waals surface area (Å²) in [4.78, 5) is 41.1. The Morgan fingerprint density at radius 1 is 0.974 bits per heavy atom. The first-order valence-electron chi connectivity index (χ1n) is 13.1. The molecule has 208 valence electrons. The molecule has 38 heavy (non-hydrogen) atoms. The van der Waals surface area contributed by atoms with Crippen molar-refractivity contribution in [2.75, 3.05) is 13.2 Å². The van der Waals surface area contributed by atoms with Crippen LogP contribution in [-0.4, -0.2) is 57.8 Å². The summed E-state index contributed by atoms with van der Waals surface area (Å²) in [6, 6.07) is 13.2. The van der Waals surface area contributed by atoms with Crippen molar-refractivity contribution in [2.45, 2.75) is 77.6 Å². The number of para-hydroxylation sites is 1. The molecule has 2 atom stereocenters. The zero-order valence-corrected chi connectivity index (χ0v) is 22.8. The summed E-state index contributed by atoms with van der Waals surface area (Å²) in [6.45, 7) is 6.85. The van der Waals surface area contributed by atoms with E-state index in [2.05, 4.69) is 17.6 Å². The molecule has 0 bridgehead atoms. The lowest BCUT2D eigenvalue weighted by atomic mass is 10.0. The number of carbonyl (C=O) groups excluding carboxylic acids is 3. The van der Waals surface area contributed by atoms with Gasteiger partial charge in [0, 0.05) is 18.7 Å². The van der Waals surface area contributed by atoms with E-state index >= 15 is 0 Å². The van der Waals surface area contributed by atoms with Crippen molar-refractivity contribution in [3.8, 4) is 5.75 Å². The molecule has 0 saturated heterocycles. The van der Waals surface area contributed by atoms with Gasteiger partial charge in [0.1, 0.15) is 23.4 Å². The van der Waals surface area contributed by atoms with E-state index in [1.54, 1.807) is 39.0 Å². The van der Waals surface area contributed by atoms with Crippen LogP contribution in [0.3, 0.4) is 0 Å². The molecule has 0 heterocycles. The van der Waals surface area contributed by atoms with Crippen molar-refractivity contribution in [1.29, 1.82) is 0 Å². The zero-order chi connectivity index (χ0) is 28.1. The van der Waals surface area contributed by atoms with E-state index in [1.165, 1.54) is 11.0 Å².